The average molecular weight is 437 g/mol. The minimum atomic E-state index is -1.68. The van der Waals surface area contributed by atoms with Gasteiger partial charge in [0.15, 0.2) is 17.5 Å². The van der Waals surface area contributed by atoms with Crippen LogP contribution in [-0.4, -0.2) is 4.57 Å². The van der Waals surface area contributed by atoms with Crippen molar-refractivity contribution in [3.8, 4) is 17.8 Å². The van der Waals surface area contributed by atoms with Gasteiger partial charge < -0.3 is 8.98 Å². The van der Waals surface area contributed by atoms with Gasteiger partial charge in [0.05, 0.1) is 16.4 Å². The highest BCUT2D eigenvalue weighted by molar-refractivity contribution is 6.23. The Morgan fingerprint density at radius 2 is 1.33 bits per heavy atom. The van der Waals surface area contributed by atoms with Gasteiger partial charge in [-0.3, -0.25) is 0 Å². The normalized spacial score (nSPS) is 11.4. The summed E-state index contributed by atoms with van der Waals surface area (Å²) in [6.07, 6.45) is 0. The summed E-state index contributed by atoms with van der Waals surface area (Å²) in [6, 6.07) is 20.9. The molecule has 0 radical (unpaired) electrons. The average Bonchev–Trinajstić information content (AvgIpc) is 3.37. The third kappa shape index (κ3) is 2.34. The maximum absolute atomic E-state index is 15.4. The zero-order chi connectivity index (χ0) is 22.9. The number of para-hydroxylation sites is 2. The highest BCUT2D eigenvalue weighted by Gasteiger charge is 2.29. The number of furan rings is 1. The number of nitriles is 2. The minimum absolute atomic E-state index is 0.424. The molecule has 2 heterocycles. The lowest BCUT2D eigenvalue weighted by molar-refractivity contribution is 0.487. The van der Waals surface area contributed by atoms with E-state index in [1.54, 1.807) is 42.5 Å². The zero-order valence-corrected chi connectivity index (χ0v) is 16.7. The van der Waals surface area contributed by atoms with Crippen molar-refractivity contribution in [1.29, 1.82) is 10.5 Å². The largest absolute Gasteiger partial charge is 0.455 e. The summed E-state index contributed by atoms with van der Waals surface area (Å²) in [5, 5.41) is 21.9. The van der Waals surface area contributed by atoms with Gasteiger partial charge in [0.2, 0.25) is 0 Å². The zero-order valence-electron chi connectivity index (χ0n) is 16.7. The smallest absolute Gasteiger partial charge is 0.181 e. The van der Waals surface area contributed by atoms with E-state index in [1.165, 1.54) is 10.6 Å². The van der Waals surface area contributed by atoms with Crippen LogP contribution in [0.4, 0.5) is 13.2 Å². The maximum atomic E-state index is 15.4. The monoisotopic (exact) mass is 437 g/mol. The van der Waals surface area contributed by atoms with Gasteiger partial charge in [-0.15, -0.1) is 0 Å². The van der Waals surface area contributed by atoms with Gasteiger partial charge in [-0.2, -0.15) is 10.5 Å². The second-order valence-electron chi connectivity index (χ2n) is 7.55. The van der Waals surface area contributed by atoms with Crippen LogP contribution in [0.25, 0.3) is 49.4 Å². The number of hydrogen-bond donors (Lipinski definition) is 0. The Kier molecular flexibility index (Phi) is 3.81. The molecule has 7 heteroatoms. The SMILES string of the molecule is N#Cc1c(F)c(F)c(C#N)c(-n2c3ccccc3c3c4oc5ccccc5c4ccc32)c1F. The Labute approximate surface area is 183 Å². The molecule has 0 spiro atoms. The van der Waals surface area contributed by atoms with Crippen LogP contribution in [0.3, 0.4) is 0 Å². The van der Waals surface area contributed by atoms with Crippen molar-refractivity contribution in [3.63, 3.8) is 0 Å². The molecule has 33 heavy (non-hydrogen) atoms. The van der Waals surface area contributed by atoms with Crippen LogP contribution in [0, 0.1) is 40.1 Å². The van der Waals surface area contributed by atoms with Crippen molar-refractivity contribution in [1.82, 2.24) is 4.57 Å². The van der Waals surface area contributed by atoms with Crippen LogP contribution in [0.1, 0.15) is 11.1 Å². The van der Waals surface area contributed by atoms with Crippen molar-refractivity contribution in [2.75, 3.05) is 0 Å². The Bertz CT molecular complexity index is 1880. The van der Waals surface area contributed by atoms with Crippen LogP contribution in [-0.2, 0) is 0 Å². The molecule has 0 N–H and O–H groups in total. The minimum Gasteiger partial charge on any atom is -0.455 e. The third-order valence-corrected chi connectivity index (χ3v) is 5.92. The fourth-order valence-electron chi connectivity index (χ4n) is 4.53. The van der Waals surface area contributed by atoms with Crippen LogP contribution in [0.2, 0.25) is 0 Å². The summed E-state index contributed by atoms with van der Waals surface area (Å²) in [6.45, 7) is 0. The molecule has 0 aliphatic heterocycles. The summed E-state index contributed by atoms with van der Waals surface area (Å²) >= 11 is 0. The molecule has 0 amide bonds. The molecule has 0 aliphatic rings. The first kappa shape index (κ1) is 19.0. The predicted octanol–water partition coefficient (Wildman–Crippen LogP) is 6.84. The summed E-state index contributed by atoms with van der Waals surface area (Å²) in [5.74, 6) is -4.56. The summed E-state index contributed by atoms with van der Waals surface area (Å²) < 4.78 is 51.9. The quantitative estimate of drug-likeness (QED) is 0.264. The van der Waals surface area contributed by atoms with E-state index >= 15 is 4.39 Å². The number of fused-ring (bicyclic) bond motifs is 7. The lowest BCUT2D eigenvalue weighted by atomic mass is 10.1. The molecule has 0 unspecified atom stereocenters. The van der Waals surface area contributed by atoms with E-state index in [0.717, 1.165) is 10.8 Å². The van der Waals surface area contributed by atoms with E-state index in [1.807, 2.05) is 24.3 Å². The fraction of sp³-hybridized carbons (Fsp3) is 0. The van der Waals surface area contributed by atoms with Crippen LogP contribution >= 0.6 is 0 Å². The number of hydrogen-bond acceptors (Lipinski definition) is 3. The molecule has 4 aromatic carbocycles. The van der Waals surface area contributed by atoms with Crippen LogP contribution < -0.4 is 0 Å². The molecule has 156 valence electrons. The number of rotatable bonds is 1. The Morgan fingerprint density at radius 3 is 2.09 bits per heavy atom. The Balaban J connectivity index is 1.89. The van der Waals surface area contributed by atoms with Gasteiger partial charge in [-0.05, 0) is 24.3 Å². The molecule has 0 fully saturated rings. The van der Waals surface area contributed by atoms with Crippen molar-refractivity contribution in [3.05, 3.63) is 89.2 Å². The molecule has 0 saturated carbocycles. The highest BCUT2D eigenvalue weighted by atomic mass is 19.2. The van der Waals surface area contributed by atoms with Crippen molar-refractivity contribution >= 4 is 43.7 Å². The first-order valence-electron chi connectivity index (χ1n) is 9.91. The topological polar surface area (TPSA) is 65.7 Å². The number of aromatic nitrogens is 1. The van der Waals surface area contributed by atoms with E-state index in [0.29, 0.717) is 33.0 Å². The second-order valence-corrected chi connectivity index (χ2v) is 7.55. The van der Waals surface area contributed by atoms with Gasteiger partial charge in [-0.25, -0.2) is 13.2 Å². The summed E-state index contributed by atoms with van der Waals surface area (Å²) in [5.41, 5.74) is -0.340. The fourth-order valence-corrected chi connectivity index (χ4v) is 4.53. The van der Waals surface area contributed by atoms with Crippen molar-refractivity contribution in [2.24, 2.45) is 0 Å². The third-order valence-electron chi connectivity index (χ3n) is 5.92. The predicted molar refractivity (Wildman–Crippen MR) is 117 cm³/mol. The molecule has 0 aliphatic carbocycles. The Hall–Kier alpha value is -4.75. The highest BCUT2D eigenvalue weighted by Crippen LogP contribution is 2.41. The van der Waals surface area contributed by atoms with Crippen molar-refractivity contribution in [2.45, 2.75) is 0 Å². The molecule has 0 bridgehead atoms. The van der Waals surface area contributed by atoms with Crippen molar-refractivity contribution < 1.29 is 17.6 Å². The second kappa shape index (κ2) is 6.62. The van der Waals surface area contributed by atoms with E-state index in [-0.39, 0.29) is 0 Å². The summed E-state index contributed by atoms with van der Waals surface area (Å²) in [4.78, 5) is 0. The van der Waals surface area contributed by atoms with Gasteiger partial charge in [-0.1, -0.05) is 36.4 Å². The lowest BCUT2D eigenvalue weighted by Crippen LogP contribution is -2.09. The Morgan fingerprint density at radius 1 is 0.667 bits per heavy atom. The molecule has 6 aromatic rings. The van der Waals surface area contributed by atoms with Gasteiger partial charge in [0.1, 0.15) is 40.1 Å². The summed E-state index contributed by atoms with van der Waals surface area (Å²) in [7, 11) is 0. The molecule has 0 saturated heterocycles. The molecular formula is C26H10F3N3O. The first-order chi connectivity index (χ1) is 16.1. The van der Waals surface area contributed by atoms with Gasteiger partial charge in [0, 0.05) is 16.2 Å². The lowest BCUT2D eigenvalue weighted by Gasteiger charge is -2.13. The van der Waals surface area contributed by atoms with Crippen LogP contribution in [0.5, 0.6) is 0 Å². The molecule has 6 rings (SSSR count). The molecule has 2 aromatic heterocycles. The van der Waals surface area contributed by atoms with Gasteiger partial charge in [0.25, 0.3) is 0 Å². The molecule has 4 nitrogen and oxygen atoms in total. The molecular weight excluding hydrogens is 427 g/mol. The molecule has 0 atom stereocenters. The van der Waals surface area contributed by atoms with E-state index in [2.05, 4.69) is 0 Å². The first-order valence-corrected chi connectivity index (χ1v) is 9.91. The van der Waals surface area contributed by atoms with E-state index in [9.17, 15) is 19.3 Å². The van der Waals surface area contributed by atoms with Gasteiger partial charge >= 0.3 is 0 Å². The standard InChI is InChI=1S/C26H10F3N3O/c27-22-16(11-30)24(29)25(17(12-31)23(22)28)32-18-7-3-1-6-15(18)21-19(32)10-9-14-13-5-2-4-8-20(13)33-26(14)21/h1-10H. The van der Waals surface area contributed by atoms with Crippen LogP contribution in [0.15, 0.2) is 65.1 Å². The maximum Gasteiger partial charge on any atom is 0.181 e. The van der Waals surface area contributed by atoms with E-state index in [4.69, 9.17) is 4.42 Å². The number of halogens is 3. The number of benzene rings is 4. The van der Waals surface area contributed by atoms with E-state index < -0.39 is 34.3 Å². The number of nitrogens with zero attached hydrogens (tertiary/aromatic N) is 3.